The number of benzene rings is 1. The van der Waals surface area contributed by atoms with E-state index in [0.29, 0.717) is 29.2 Å². The minimum Gasteiger partial charge on any atom is -0.242 e. The van der Waals surface area contributed by atoms with Gasteiger partial charge in [-0.15, -0.1) is 5.10 Å². The Balaban J connectivity index is 2.40. The molecule has 0 bridgehead atoms. The topological polar surface area (TPSA) is 30.7 Å². The van der Waals surface area contributed by atoms with E-state index < -0.39 is 0 Å². The Morgan fingerprint density at radius 3 is 2.24 bits per heavy atom. The normalized spacial score (nSPS) is 17.2. The Kier molecular flexibility index (Phi) is 6.65. The monoisotopic (exact) mass is 343 g/mol. The number of fused-ring (bicyclic) bond motifs is 1. The molecule has 3 atom stereocenters. The lowest BCUT2D eigenvalue weighted by Crippen LogP contribution is -2.36. The maximum absolute atomic E-state index is 4.53. The van der Waals surface area contributed by atoms with Crippen LogP contribution >= 0.6 is 0 Å². The average molecular weight is 344 g/mol. The molecule has 0 fully saturated rings. The molecule has 0 spiro atoms. The summed E-state index contributed by atoms with van der Waals surface area (Å²) in [5.41, 5.74) is 2.53. The summed E-state index contributed by atoms with van der Waals surface area (Å²) in [6.07, 6.45) is 4.79. The highest BCUT2D eigenvalue weighted by Crippen LogP contribution is 2.48. The summed E-state index contributed by atoms with van der Waals surface area (Å²) in [5, 5.41) is 8.93. The van der Waals surface area contributed by atoms with Gasteiger partial charge >= 0.3 is 0 Å². The molecule has 0 aliphatic rings. The molecule has 2 rings (SSSR count). The van der Waals surface area contributed by atoms with Crippen LogP contribution in [0.25, 0.3) is 11.0 Å². The first kappa shape index (κ1) is 19.9. The molecule has 25 heavy (non-hydrogen) atoms. The number of aromatic nitrogens is 3. The summed E-state index contributed by atoms with van der Waals surface area (Å²) in [4.78, 5) is 0. The van der Waals surface area contributed by atoms with Crippen molar-refractivity contribution < 1.29 is 0 Å². The van der Waals surface area contributed by atoms with E-state index in [9.17, 15) is 0 Å². The van der Waals surface area contributed by atoms with Gasteiger partial charge in [0.05, 0.1) is 11.6 Å². The number of para-hydroxylation sites is 1. The van der Waals surface area contributed by atoms with Crippen LogP contribution in [0.5, 0.6) is 0 Å². The largest absolute Gasteiger partial charge is 0.242 e. The first-order valence-corrected chi connectivity index (χ1v) is 10.1. The van der Waals surface area contributed by atoms with E-state index in [1.54, 1.807) is 0 Å². The molecule has 0 N–H and O–H groups in total. The van der Waals surface area contributed by atoms with Crippen LogP contribution in [0.1, 0.15) is 80.2 Å². The maximum atomic E-state index is 4.53. The van der Waals surface area contributed by atoms with Gasteiger partial charge in [0.25, 0.3) is 0 Å². The predicted octanol–water partition coefficient (Wildman–Crippen LogP) is 6.51. The van der Waals surface area contributed by atoms with Gasteiger partial charge in [0.2, 0.25) is 0 Å². The van der Waals surface area contributed by atoms with Crippen LogP contribution in [0.3, 0.4) is 0 Å². The van der Waals surface area contributed by atoms with Gasteiger partial charge in [-0.2, -0.15) is 0 Å². The highest BCUT2D eigenvalue weighted by Gasteiger charge is 2.39. The predicted molar refractivity (Wildman–Crippen MR) is 108 cm³/mol. The molecule has 1 aromatic heterocycles. The van der Waals surface area contributed by atoms with Gasteiger partial charge in [0.1, 0.15) is 5.52 Å². The molecule has 1 heterocycles. The van der Waals surface area contributed by atoms with Crippen molar-refractivity contribution in [2.45, 2.75) is 80.2 Å². The number of hydrogen-bond acceptors (Lipinski definition) is 2. The molecule has 3 nitrogen and oxygen atoms in total. The summed E-state index contributed by atoms with van der Waals surface area (Å²) >= 11 is 0. The summed E-state index contributed by atoms with van der Waals surface area (Å²) in [5.74, 6) is 2.11. The van der Waals surface area contributed by atoms with E-state index in [4.69, 9.17) is 0 Å². The van der Waals surface area contributed by atoms with Crippen LogP contribution in [-0.4, -0.2) is 15.0 Å². The molecule has 2 aromatic rings. The van der Waals surface area contributed by atoms with Crippen LogP contribution in [-0.2, 0) is 0 Å². The molecule has 1 aromatic carbocycles. The van der Waals surface area contributed by atoms with E-state index >= 15 is 0 Å². The van der Waals surface area contributed by atoms with Crippen molar-refractivity contribution >= 4 is 11.0 Å². The third-order valence-electron chi connectivity index (χ3n) is 6.32. The van der Waals surface area contributed by atoms with Gasteiger partial charge in [0.15, 0.2) is 0 Å². The fraction of sp³-hybridized carbons (Fsp3) is 0.727. The van der Waals surface area contributed by atoms with Crippen molar-refractivity contribution in [3.05, 3.63) is 24.3 Å². The number of rotatable bonds is 9. The van der Waals surface area contributed by atoms with E-state index in [0.717, 1.165) is 11.9 Å². The summed E-state index contributed by atoms with van der Waals surface area (Å²) in [7, 11) is 0. The Morgan fingerprint density at radius 1 is 1.00 bits per heavy atom. The molecule has 0 aliphatic heterocycles. The molecule has 140 valence electrons. The molecule has 0 aliphatic carbocycles. The summed E-state index contributed by atoms with van der Waals surface area (Å²) in [6, 6.07) is 8.75. The molecular weight excluding hydrogens is 306 g/mol. The lowest BCUT2D eigenvalue weighted by Gasteiger charge is -2.44. The lowest BCUT2D eigenvalue weighted by atomic mass is 9.62. The fourth-order valence-electron chi connectivity index (χ4n) is 4.62. The van der Waals surface area contributed by atoms with E-state index in [1.807, 2.05) is 6.07 Å². The van der Waals surface area contributed by atoms with Crippen LogP contribution in [0.4, 0.5) is 0 Å². The lowest BCUT2D eigenvalue weighted by molar-refractivity contribution is 0.0590. The maximum Gasteiger partial charge on any atom is 0.113 e. The second-order valence-electron chi connectivity index (χ2n) is 8.64. The van der Waals surface area contributed by atoms with E-state index in [2.05, 4.69) is 81.7 Å². The minimum absolute atomic E-state index is 0.357. The Bertz CT molecular complexity index is 658. The molecule has 3 unspecified atom stereocenters. The van der Waals surface area contributed by atoms with Crippen LogP contribution < -0.4 is 0 Å². The van der Waals surface area contributed by atoms with Crippen molar-refractivity contribution in [1.29, 1.82) is 0 Å². The van der Waals surface area contributed by atoms with E-state index in [1.165, 1.54) is 24.8 Å². The van der Waals surface area contributed by atoms with Gasteiger partial charge in [-0.1, -0.05) is 72.2 Å². The zero-order chi connectivity index (χ0) is 18.6. The molecule has 0 radical (unpaired) electrons. The molecular formula is C22H37N3. The minimum atomic E-state index is 0.357. The molecule has 0 saturated carbocycles. The van der Waals surface area contributed by atoms with Gasteiger partial charge in [-0.3, -0.25) is 0 Å². The standard InChI is InChI=1S/C22H37N3/c1-8-19(25-21-13-11-10-12-20(21)23-24-25)15-22(9-2,14-16(3)4)18(7)17(5)6/h10-13,16-19H,8-9,14-15H2,1-7H3. The zero-order valence-corrected chi connectivity index (χ0v) is 17.3. The molecule has 0 amide bonds. The second kappa shape index (κ2) is 8.33. The second-order valence-corrected chi connectivity index (χ2v) is 8.64. The first-order chi connectivity index (χ1) is 11.8. The summed E-state index contributed by atoms with van der Waals surface area (Å²) < 4.78 is 2.19. The van der Waals surface area contributed by atoms with Crippen LogP contribution in [0, 0.1) is 23.2 Å². The van der Waals surface area contributed by atoms with Gasteiger partial charge in [-0.05, 0) is 54.6 Å². The molecule has 3 heteroatoms. The Morgan fingerprint density at radius 2 is 1.68 bits per heavy atom. The highest BCUT2D eigenvalue weighted by molar-refractivity contribution is 5.73. The van der Waals surface area contributed by atoms with Crippen LogP contribution in [0.15, 0.2) is 24.3 Å². The fourth-order valence-corrected chi connectivity index (χ4v) is 4.62. The van der Waals surface area contributed by atoms with E-state index in [-0.39, 0.29) is 0 Å². The number of hydrogen-bond donors (Lipinski definition) is 0. The van der Waals surface area contributed by atoms with Crippen molar-refractivity contribution in [2.75, 3.05) is 0 Å². The average Bonchev–Trinajstić information content (AvgIpc) is 3.01. The number of nitrogens with zero attached hydrogens (tertiary/aromatic N) is 3. The zero-order valence-electron chi connectivity index (χ0n) is 17.3. The Labute approximate surface area is 154 Å². The third-order valence-corrected chi connectivity index (χ3v) is 6.32. The summed E-state index contributed by atoms with van der Waals surface area (Å²) in [6.45, 7) is 16.6. The van der Waals surface area contributed by atoms with Crippen molar-refractivity contribution in [1.82, 2.24) is 15.0 Å². The van der Waals surface area contributed by atoms with Gasteiger partial charge < -0.3 is 0 Å². The van der Waals surface area contributed by atoms with Crippen molar-refractivity contribution in [3.63, 3.8) is 0 Å². The quantitative estimate of drug-likeness (QED) is 0.520. The van der Waals surface area contributed by atoms with Gasteiger partial charge in [0, 0.05) is 0 Å². The smallest absolute Gasteiger partial charge is 0.113 e. The van der Waals surface area contributed by atoms with Gasteiger partial charge in [-0.25, -0.2) is 4.68 Å². The van der Waals surface area contributed by atoms with Crippen molar-refractivity contribution in [2.24, 2.45) is 23.2 Å². The Hall–Kier alpha value is -1.38. The molecule has 0 saturated heterocycles. The van der Waals surface area contributed by atoms with Crippen molar-refractivity contribution in [3.8, 4) is 0 Å². The third kappa shape index (κ3) is 4.24. The first-order valence-electron chi connectivity index (χ1n) is 10.1. The van der Waals surface area contributed by atoms with Crippen LogP contribution in [0.2, 0.25) is 0 Å². The highest BCUT2D eigenvalue weighted by atomic mass is 15.4. The SMILES string of the molecule is CCC(CC(CC)(CC(C)C)C(C)C(C)C)n1nnc2ccccc21.